The molecule has 0 bridgehead atoms. The number of allylic oxidation sites excluding steroid dienone is 2. The molecule has 0 spiro atoms. The summed E-state index contributed by atoms with van der Waals surface area (Å²) >= 11 is 0. The highest BCUT2D eigenvalue weighted by Crippen LogP contribution is 2.44. The fourth-order valence-electron chi connectivity index (χ4n) is 3.53. The molecule has 2 rings (SSSR count). The molecule has 0 atom stereocenters. The SMILES string of the molecule is CCCOc1c(-c2ccccc2/C=C/C(C)=C/C(=O)O)cc(C(C)(C)C)cc1C(C)(C)C. The largest absolute Gasteiger partial charge is 0.493 e. The molecule has 0 aromatic heterocycles. The molecular formula is C29H38O3. The van der Waals surface area contributed by atoms with Crippen molar-refractivity contribution in [2.75, 3.05) is 6.61 Å². The zero-order valence-corrected chi connectivity index (χ0v) is 20.9. The topological polar surface area (TPSA) is 46.5 Å². The summed E-state index contributed by atoms with van der Waals surface area (Å²) in [6, 6.07) is 12.8. The van der Waals surface area contributed by atoms with Crippen molar-refractivity contribution in [1.82, 2.24) is 0 Å². The highest BCUT2D eigenvalue weighted by Gasteiger charge is 2.27. The smallest absolute Gasteiger partial charge is 0.328 e. The first kappa shape index (κ1) is 25.5. The molecule has 0 aliphatic heterocycles. The van der Waals surface area contributed by atoms with Gasteiger partial charge >= 0.3 is 5.97 Å². The molecule has 0 heterocycles. The van der Waals surface area contributed by atoms with Crippen LogP contribution in [-0.4, -0.2) is 17.7 Å². The summed E-state index contributed by atoms with van der Waals surface area (Å²) in [5.41, 5.74) is 6.25. The van der Waals surface area contributed by atoms with E-state index in [0.29, 0.717) is 12.2 Å². The van der Waals surface area contributed by atoms with E-state index in [1.54, 1.807) is 6.92 Å². The van der Waals surface area contributed by atoms with Crippen LogP contribution < -0.4 is 4.74 Å². The zero-order chi connectivity index (χ0) is 24.1. The van der Waals surface area contributed by atoms with Crippen LogP contribution in [0.15, 0.2) is 54.1 Å². The minimum absolute atomic E-state index is 0.0103. The Morgan fingerprint density at radius 3 is 2.22 bits per heavy atom. The van der Waals surface area contributed by atoms with Crippen LogP contribution in [0.2, 0.25) is 0 Å². The average Bonchev–Trinajstić information content (AvgIpc) is 2.68. The summed E-state index contributed by atoms with van der Waals surface area (Å²) in [6.07, 6.45) is 5.98. The molecule has 0 amide bonds. The first-order valence-corrected chi connectivity index (χ1v) is 11.3. The van der Waals surface area contributed by atoms with Crippen LogP contribution in [0.5, 0.6) is 5.75 Å². The summed E-state index contributed by atoms with van der Waals surface area (Å²) in [7, 11) is 0. The number of hydrogen-bond acceptors (Lipinski definition) is 2. The molecule has 2 aromatic carbocycles. The van der Waals surface area contributed by atoms with Gasteiger partial charge in [-0.15, -0.1) is 0 Å². The number of carboxylic acids is 1. The maximum Gasteiger partial charge on any atom is 0.328 e. The van der Waals surface area contributed by atoms with Gasteiger partial charge in [-0.25, -0.2) is 4.79 Å². The van der Waals surface area contributed by atoms with Crippen molar-refractivity contribution >= 4 is 12.0 Å². The minimum atomic E-state index is -0.941. The van der Waals surface area contributed by atoms with Gasteiger partial charge in [0.05, 0.1) is 6.61 Å². The first-order chi connectivity index (χ1) is 14.8. The summed E-state index contributed by atoms with van der Waals surface area (Å²) in [6.45, 7) is 17.9. The second-order valence-electron chi connectivity index (χ2n) is 10.4. The number of aliphatic carboxylic acids is 1. The van der Waals surface area contributed by atoms with E-state index < -0.39 is 5.97 Å². The van der Waals surface area contributed by atoms with Crippen molar-refractivity contribution in [3.05, 3.63) is 70.8 Å². The lowest BCUT2D eigenvalue weighted by atomic mass is 9.77. The summed E-state index contributed by atoms with van der Waals surface area (Å²) < 4.78 is 6.39. The van der Waals surface area contributed by atoms with Gasteiger partial charge in [0, 0.05) is 17.2 Å². The molecule has 0 aliphatic rings. The van der Waals surface area contributed by atoms with E-state index >= 15 is 0 Å². The highest BCUT2D eigenvalue weighted by atomic mass is 16.5. The molecule has 3 heteroatoms. The van der Waals surface area contributed by atoms with E-state index in [-0.39, 0.29) is 10.8 Å². The molecule has 0 unspecified atom stereocenters. The predicted octanol–water partition coefficient (Wildman–Crippen LogP) is 7.78. The van der Waals surface area contributed by atoms with E-state index in [1.165, 1.54) is 17.2 Å². The second kappa shape index (κ2) is 10.2. The van der Waals surface area contributed by atoms with Crippen LogP contribution in [-0.2, 0) is 15.6 Å². The van der Waals surface area contributed by atoms with Crippen LogP contribution in [0, 0.1) is 0 Å². The fourth-order valence-corrected chi connectivity index (χ4v) is 3.53. The molecule has 0 radical (unpaired) electrons. The number of benzene rings is 2. The lowest BCUT2D eigenvalue weighted by Crippen LogP contribution is -2.19. The molecule has 0 aliphatic carbocycles. The van der Waals surface area contributed by atoms with Crippen molar-refractivity contribution in [3.63, 3.8) is 0 Å². The molecule has 0 saturated carbocycles. The van der Waals surface area contributed by atoms with Crippen LogP contribution in [0.1, 0.15) is 78.5 Å². The Hall–Kier alpha value is -2.81. The van der Waals surface area contributed by atoms with Crippen LogP contribution in [0.4, 0.5) is 0 Å². The van der Waals surface area contributed by atoms with E-state index in [0.717, 1.165) is 28.9 Å². The maximum absolute atomic E-state index is 11.0. The van der Waals surface area contributed by atoms with Crippen LogP contribution in [0.3, 0.4) is 0 Å². The Bertz CT molecular complexity index is 1010. The molecule has 0 fully saturated rings. The quantitative estimate of drug-likeness (QED) is 0.357. The average molecular weight is 435 g/mol. The van der Waals surface area contributed by atoms with Gasteiger partial charge in [-0.05, 0) is 52.5 Å². The number of ether oxygens (including phenoxy) is 1. The third-order valence-corrected chi connectivity index (χ3v) is 5.34. The second-order valence-corrected chi connectivity index (χ2v) is 10.4. The molecule has 2 aromatic rings. The highest BCUT2D eigenvalue weighted by molar-refractivity contribution is 5.83. The van der Waals surface area contributed by atoms with Crippen molar-refractivity contribution in [2.45, 2.75) is 72.6 Å². The number of carbonyl (C=O) groups is 1. The standard InChI is InChI=1S/C29H38O3/c1-9-16-32-27-24(18-22(28(3,4)5)19-25(27)29(6,7)8)23-13-11-10-12-21(23)15-14-20(2)17-26(30)31/h10-15,17-19H,9,16H2,1-8H3,(H,30,31)/b15-14+,20-17+. The lowest BCUT2D eigenvalue weighted by Gasteiger charge is -2.30. The number of rotatable bonds is 7. The Morgan fingerprint density at radius 2 is 1.66 bits per heavy atom. The Balaban J connectivity index is 2.81. The van der Waals surface area contributed by atoms with E-state index in [2.05, 4.69) is 72.7 Å². The maximum atomic E-state index is 11.0. The van der Waals surface area contributed by atoms with Crippen molar-refractivity contribution in [3.8, 4) is 16.9 Å². The number of carboxylic acid groups (broad SMARTS) is 1. The number of hydrogen-bond donors (Lipinski definition) is 1. The third kappa shape index (κ3) is 6.59. The predicted molar refractivity (Wildman–Crippen MR) is 135 cm³/mol. The van der Waals surface area contributed by atoms with Gasteiger partial charge in [0.1, 0.15) is 5.75 Å². The fraction of sp³-hybridized carbons (Fsp3) is 0.414. The Labute approximate surface area is 193 Å². The van der Waals surface area contributed by atoms with Gasteiger partial charge in [0.15, 0.2) is 0 Å². The summed E-state index contributed by atoms with van der Waals surface area (Å²) in [5.74, 6) is -0.00520. The molecule has 3 nitrogen and oxygen atoms in total. The van der Waals surface area contributed by atoms with Gasteiger partial charge in [-0.2, -0.15) is 0 Å². The van der Waals surface area contributed by atoms with E-state index in [1.807, 2.05) is 24.3 Å². The van der Waals surface area contributed by atoms with Gasteiger partial charge < -0.3 is 9.84 Å². The molecule has 32 heavy (non-hydrogen) atoms. The van der Waals surface area contributed by atoms with E-state index in [9.17, 15) is 4.79 Å². The molecule has 1 N–H and O–H groups in total. The van der Waals surface area contributed by atoms with E-state index in [4.69, 9.17) is 9.84 Å². The normalized spacial score (nSPS) is 12.9. The van der Waals surface area contributed by atoms with Gasteiger partial charge in [-0.3, -0.25) is 0 Å². The first-order valence-electron chi connectivity index (χ1n) is 11.3. The Kier molecular flexibility index (Phi) is 8.12. The monoisotopic (exact) mass is 434 g/mol. The van der Waals surface area contributed by atoms with Gasteiger partial charge in [0.2, 0.25) is 0 Å². The third-order valence-electron chi connectivity index (χ3n) is 5.34. The van der Waals surface area contributed by atoms with Gasteiger partial charge in [-0.1, -0.05) is 91.0 Å². The minimum Gasteiger partial charge on any atom is -0.493 e. The Morgan fingerprint density at radius 1 is 1.00 bits per heavy atom. The zero-order valence-electron chi connectivity index (χ0n) is 20.9. The lowest BCUT2D eigenvalue weighted by molar-refractivity contribution is -0.131. The summed E-state index contributed by atoms with van der Waals surface area (Å²) in [4.78, 5) is 11.0. The molecular weight excluding hydrogens is 396 g/mol. The van der Waals surface area contributed by atoms with Crippen molar-refractivity contribution in [2.24, 2.45) is 0 Å². The van der Waals surface area contributed by atoms with Crippen LogP contribution in [0.25, 0.3) is 17.2 Å². The van der Waals surface area contributed by atoms with Crippen molar-refractivity contribution < 1.29 is 14.6 Å². The van der Waals surface area contributed by atoms with Crippen LogP contribution >= 0.6 is 0 Å². The van der Waals surface area contributed by atoms with Crippen molar-refractivity contribution in [1.29, 1.82) is 0 Å². The summed E-state index contributed by atoms with van der Waals surface area (Å²) in [5, 5.41) is 9.02. The molecule has 0 saturated heterocycles. The molecule has 172 valence electrons. The van der Waals surface area contributed by atoms with Gasteiger partial charge in [0.25, 0.3) is 0 Å².